The number of hydrogen-bond donors (Lipinski definition) is 2. The summed E-state index contributed by atoms with van der Waals surface area (Å²) in [6, 6.07) is 16.8. The van der Waals surface area contributed by atoms with Gasteiger partial charge in [-0.2, -0.15) is 0 Å². The molecule has 0 unspecified atom stereocenters. The summed E-state index contributed by atoms with van der Waals surface area (Å²) < 4.78 is 5.58. The Labute approximate surface area is 150 Å². The number of carbonyl (C=O) groups is 1. The van der Waals surface area contributed by atoms with Crippen LogP contribution in [-0.4, -0.2) is 17.6 Å². The first-order chi connectivity index (χ1) is 12.2. The smallest absolute Gasteiger partial charge is 0.325 e. The molecule has 0 aliphatic carbocycles. The maximum atomic E-state index is 12.0. The molecule has 0 spiro atoms. The lowest BCUT2D eigenvalue weighted by Crippen LogP contribution is -2.19. The molecule has 3 rings (SSSR count). The lowest BCUT2D eigenvalue weighted by atomic mass is 10.2. The molecular formula is C19H19N3O2S. The topological polar surface area (TPSA) is 63.2 Å². The lowest BCUT2D eigenvalue weighted by molar-refractivity contribution is 0.262. The molecule has 0 atom stereocenters. The van der Waals surface area contributed by atoms with Crippen LogP contribution in [0.4, 0.5) is 15.6 Å². The van der Waals surface area contributed by atoms with Crippen molar-refractivity contribution >= 4 is 28.2 Å². The number of benzene rings is 2. The van der Waals surface area contributed by atoms with Gasteiger partial charge in [-0.05, 0) is 42.8 Å². The molecular weight excluding hydrogens is 334 g/mol. The maximum absolute atomic E-state index is 12.0. The fraction of sp³-hybridized carbons (Fsp3) is 0.158. The van der Waals surface area contributed by atoms with E-state index in [1.807, 2.05) is 60.0 Å². The van der Waals surface area contributed by atoms with Gasteiger partial charge in [-0.3, -0.25) is 5.32 Å². The fourth-order valence-electron chi connectivity index (χ4n) is 2.19. The Morgan fingerprint density at radius 2 is 1.84 bits per heavy atom. The standard InChI is InChI=1S/C19H19N3O2S/c1-2-12-24-16-10-8-14(9-11-16)17-13-25-19(21-17)22-18(23)20-15-6-4-3-5-7-15/h3-11,13H,2,12H2,1H3,(H2,20,21,22,23). The number of carbonyl (C=O) groups excluding carboxylic acids is 1. The molecule has 0 radical (unpaired) electrons. The highest BCUT2D eigenvalue weighted by Crippen LogP contribution is 2.26. The molecule has 0 fully saturated rings. The van der Waals surface area contributed by atoms with Crippen molar-refractivity contribution in [2.24, 2.45) is 0 Å². The number of para-hydroxylation sites is 1. The van der Waals surface area contributed by atoms with Gasteiger partial charge in [0, 0.05) is 16.6 Å². The van der Waals surface area contributed by atoms with Crippen LogP contribution in [0.15, 0.2) is 60.0 Å². The molecule has 0 aliphatic rings. The second-order valence-corrected chi connectivity index (χ2v) is 6.21. The number of urea groups is 1. The van der Waals surface area contributed by atoms with Crippen molar-refractivity contribution in [1.82, 2.24) is 4.98 Å². The summed E-state index contributed by atoms with van der Waals surface area (Å²) >= 11 is 1.39. The average Bonchev–Trinajstić information content (AvgIpc) is 3.09. The molecule has 6 heteroatoms. The van der Waals surface area contributed by atoms with E-state index in [1.165, 1.54) is 11.3 Å². The summed E-state index contributed by atoms with van der Waals surface area (Å²) in [4.78, 5) is 16.5. The van der Waals surface area contributed by atoms with E-state index >= 15 is 0 Å². The predicted molar refractivity (Wildman–Crippen MR) is 102 cm³/mol. The van der Waals surface area contributed by atoms with Crippen LogP contribution in [-0.2, 0) is 0 Å². The highest BCUT2D eigenvalue weighted by molar-refractivity contribution is 7.14. The van der Waals surface area contributed by atoms with E-state index in [1.54, 1.807) is 0 Å². The van der Waals surface area contributed by atoms with Crippen molar-refractivity contribution in [3.8, 4) is 17.0 Å². The van der Waals surface area contributed by atoms with Gasteiger partial charge in [0.1, 0.15) is 5.75 Å². The third-order valence-electron chi connectivity index (χ3n) is 3.38. The van der Waals surface area contributed by atoms with Gasteiger partial charge in [-0.25, -0.2) is 9.78 Å². The summed E-state index contributed by atoms with van der Waals surface area (Å²) in [6.45, 7) is 2.78. The summed E-state index contributed by atoms with van der Waals surface area (Å²) in [5, 5.41) is 7.99. The van der Waals surface area contributed by atoms with E-state index in [0.717, 1.165) is 29.1 Å². The van der Waals surface area contributed by atoms with Crippen LogP contribution in [0.3, 0.4) is 0 Å². The van der Waals surface area contributed by atoms with Gasteiger partial charge in [-0.15, -0.1) is 11.3 Å². The van der Waals surface area contributed by atoms with E-state index in [2.05, 4.69) is 22.5 Å². The molecule has 5 nitrogen and oxygen atoms in total. The number of hydrogen-bond acceptors (Lipinski definition) is 4. The largest absolute Gasteiger partial charge is 0.494 e. The zero-order valence-corrected chi connectivity index (χ0v) is 14.7. The first-order valence-corrected chi connectivity index (χ1v) is 8.94. The maximum Gasteiger partial charge on any atom is 0.325 e. The highest BCUT2D eigenvalue weighted by atomic mass is 32.1. The number of aromatic nitrogens is 1. The average molecular weight is 353 g/mol. The molecule has 25 heavy (non-hydrogen) atoms. The van der Waals surface area contributed by atoms with E-state index in [0.29, 0.717) is 11.7 Å². The second kappa shape index (κ2) is 8.30. The van der Waals surface area contributed by atoms with E-state index in [-0.39, 0.29) is 6.03 Å². The number of anilines is 2. The molecule has 0 saturated heterocycles. The second-order valence-electron chi connectivity index (χ2n) is 5.36. The van der Waals surface area contributed by atoms with Gasteiger partial charge in [-0.1, -0.05) is 25.1 Å². The van der Waals surface area contributed by atoms with Crippen LogP contribution >= 0.6 is 11.3 Å². The van der Waals surface area contributed by atoms with Gasteiger partial charge in [0.2, 0.25) is 0 Å². The van der Waals surface area contributed by atoms with E-state index in [9.17, 15) is 4.79 Å². The first-order valence-electron chi connectivity index (χ1n) is 8.06. The number of thiazole rings is 1. The molecule has 128 valence electrons. The monoisotopic (exact) mass is 353 g/mol. The molecule has 0 saturated carbocycles. The minimum absolute atomic E-state index is 0.310. The molecule has 2 aromatic carbocycles. The summed E-state index contributed by atoms with van der Waals surface area (Å²) in [6.07, 6.45) is 0.980. The van der Waals surface area contributed by atoms with Crippen LogP contribution in [0, 0.1) is 0 Å². The molecule has 0 aliphatic heterocycles. The highest BCUT2D eigenvalue weighted by Gasteiger charge is 2.08. The quantitative estimate of drug-likeness (QED) is 0.637. The molecule has 1 heterocycles. The zero-order valence-electron chi connectivity index (χ0n) is 13.9. The Balaban J connectivity index is 1.61. The molecule has 3 aromatic rings. The van der Waals surface area contributed by atoms with Gasteiger partial charge in [0.25, 0.3) is 0 Å². The van der Waals surface area contributed by atoms with Gasteiger partial charge in [0.05, 0.1) is 12.3 Å². The van der Waals surface area contributed by atoms with Crippen LogP contribution in [0.1, 0.15) is 13.3 Å². The van der Waals surface area contributed by atoms with Crippen LogP contribution < -0.4 is 15.4 Å². The molecule has 2 amide bonds. The Morgan fingerprint density at radius 3 is 2.56 bits per heavy atom. The van der Waals surface area contributed by atoms with Gasteiger partial charge >= 0.3 is 6.03 Å². The lowest BCUT2D eigenvalue weighted by Gasteiger charge is -2.05. The Hall–Kier alpha value is -2.86. The molecule has 0 bridgehead atoms. The van der Waals surface area contributed by atoms with Crippen molar-refractivity contribution in [2.75, 3.05) is 17.2 Å². The number of rotatable bonds is 6. The zero-order chi connectivity index (χ0) is 17.5. The van der Waals surface area contributed by atoms with E-state index in [4.69, 9.17) is 4.74 Å². The molecule has 2 N–H and O–H groups in total. The van der Waals surface area contributed by atoms with Gasteiger partial charge < -0.3 is 10.1 Å². The number of nitrogens with zero attached hydrogens (tertiary/aromatic N) is 1. The number of nitrogens with one attached hydrogen (secondary N) is 2. The van der Waals surface area contributed by atoms with Crippen LogP contribution in [0.5, 0.6) is 5.75 Å². The Kier molecular flexibility index (Phi) is 5.64. The van der Waals surface area contributed by atoms with Gasteiger partial charge in [0.15, 0.2) is 5.13 Å². The Morgan fingerprint density at radius 1 is 1.08 bits per heavy atom. The molecule has 1 aromatic heterocycles. The van der Waals surface area contributed by atoms with Crippen molar-refractivity contribution in [3.63, 3.8) is 0 Å². The van der Waals surface area contributed by atoms with Crippen molar-refractivity contribution in [2.45, 2.75) is 13.3 Å². The number of amides is 2. The number of ether oxygens (including phenoxy) is 1. The van der Waals surface area contributed by atoms with Crippen molar-refractivity contribution in [3.05, 3.63) is 60.0 Å². The fourth-order valence-corrected chi connectivity index (χ4v) is 2.90. The summed E-state index contributed by atoms with van der Waals surface area (Å²) in [5.41, 5.74) is 2.54. The third-order valence-corrected chi connectivity index (χ3v) is 4.14. The predicted octanol–water partition coefficient (Wildman–Crippen LogP) is 5.24. The minimum atomic E-state index is -0.310. The van der Waals surface area contributed by atoms with E-state index < -0.39 is 0 Å². The van der Waals surface area contributed by atoms with Crippen molar-refractivity contribution < 1.29 is 9.53 Å². The van der Waals surface area contributed by atoms with Crippen LogP contribution in [0.25, 0.3) is 11.3 Å². The third kappa shape index (κ3) is 4.81. The van der Waals surface area contributed by atoms with Crippen molar-refractivity contribution in [1.29, 1.82) is 0 Å². The Bertz CT molecular complexity index is 816. The van der Waals surface area contributed by atoms with Crippen LogP contribution in [0.2, 0.25) is 0 Å². The minimum Gasteiger partial charge on any atom is -0.494 e. The SMILES string of the molecule is CCCOc1ccc(-c2csc(NC(=O)Nc3ccccc3)n2)cc1. The summed E-state index contributed by atoms with van der Waals surface area (Å²) in [5.74, 6) is 0.849. The first kappa shape index (κ1) is 17.0. The normalized spacial score (nSPS) is 10.3. The summed E-state index contributed by atoms with van der Waals surface area (Å²) in [7, 11) is 0.